The van der Waals surface area contributed by atoms with Crippen molar-refractivity contribution >= 4 is 21.7 Å². The van der Waals surface area contributed by atoms with Crippen molar-refractivity contribution in [1.29, 1.82) is 0 Å². The first-order valence-electron chi connectivity index (χ1n) is 13.4. The Morgan fingerprint density at radius 3 is 2.63 bits per heavy atom. The summed E-state index contributed by atoms with van der Waals surface area (Å²) in [5.74, 6) is 0.974. The van der Waals surface area contributed by atoms with Crippen LogP contribution in [0.4, 0.5) is 4.79 Å². The minimum absolute atomic E-state index is 0.104. The SMILES string of the molecule is CN(Cc1cc(C2=CCCCC2)n(S(=O)(=O)c2cccc(OCC(O)CC3CC3)c2)c1)C(=O)OC(C)(C)C. The number of amides is 1. The van der Waals surface area contributed by atoms with Crippen LogP contribution in [0.25, 0.3) is 5.57 Å². The van der Waals surface area contributed by atoms with Crippen LogP contribution in [0.5, 0.6) is 5.75 Å². The van der Waals surface area contributed by atoms with E-state index in [4.69, 9.17) is 9.47 Å². The predicted octanol–water partition coefficient (Wildman–Crippen LogP) is 5.59. The third kappa shape index (κ3) is 7.41. The average molecular weight is 545 g/mol. The van der Waals surface area contributed by atoms with Gasteiger partial charge in [-0.2, -0.15) is 0 Å². The number of aromatic nitrogens is 1. The Hall–Kier alpha value is -2.78. The van der Waals surface area contributed by atoms with Crippen molar-refractivity contribution in [3.8, 4) is 5.75 Å². The molecule has 0 spiro atoms. The van der Waals surface area contributed by atoms with Gasteiger partial charge in [-0.05, 0) is 88.1 Å². The number of hydrogen-bond donors (Lipinski definition) is 1. The Morgan fingerprint density at radius 2 is 1.97 bits per heavy atom. The van der Waals surface area contributed by atoms with E-state index in [1.807, 2.05) is 6.07 Å². The van der Waals surface area contributed by atoms with Crippen LogP contribution in [0.1, 0.15) is 77.0 Å². The molecule has 1 N–H and O–H groups in total. The van der Waals surface area contributed by atoms with Gasteiger partial charge >= 0.3 is 6.09 Å². The Labute approximate surface area is 226 Å². The van der Waals surface area contributed by atoms with E-state index in [-0.39, 0.29) is 18.0 Å². The number of aliphatic hydroxyl groups is 1. The number of benzene rings is 1. The smallest absolute Gasteiger partial charge is 0.410 e. The van der Waals surface area contributed by atoms with Crippen molar-refractivity contribution < 1.29 is 27.8 Å². The van der Waals surface area contributed by atoms with Gasteiger partial charge in [-0.1, -0.05) is 25.0 Å². The Bertz CT molecular complexity index is 1270. The van der Waals surface area contributed by atoms with E-state index < -0.39 is 27.8 Å². The first-order chi connectivity index (χ1) is 17.9. The maximum absolute atomic E-state index is 13.9. The third-order valence-electron chi connectivity index (χ3n) is 6.69. The van der Waals surface area contributed by atoms with Crippen molar-refractivity contribution in [3.63, 3.8) is 0 Å². The van der Waals surface area contributed by atoms with Crippen molar-refractivity contribution in [2.45, 2.75) is 88.9 Å². The maximum Gasteiger partial charge on any atom is 0.410 e. The van der Waals surface area contributed by atoms with Gasteiger partial charge < -0.3 is 19.5 Å². The predicted molar refractivity (Wildman–Crippen MR) is 146 cm³/mol. The van der Waals surface area contributed by atoms with Crippen LogP contribution in [0.3, 0.4) is 0 Å². The molecule has 2 aliphatic rings. The molecule has 0 saturated heterocycles. The van der Waals surface area contributed by atoms with E-state index in [9.17, 15) is 18.3 Å². The lowest BCUT2D eigenvalue weighted by Crippen LogP contribution is -2.33. The summed E-state index contributed by atoms with van der Waals surface area (Å²) in [6.45, 7) is 5.76. The van der Waals surface area contributed by atoms with Crippen molar-refractivity contribution in [2.75, 3.05) is 13.7 Å². The number of hydrogen-bond acceptors (Lipinski definition) is 6. The normalized spacial score (nSPS) is 17.0. The Morgan fingerprint density at radius 1 is 1.21 bits per heavy atom. The topological polar surface area (TPSA) is 98.1 Å². The van der Waals surface area contributed by atoms with E-state index in [1.54, 1.807) is 52.2 Å². The van der Waals surface area contributed by atoms with Crippen LogP contribution in [-0.4, -0.2) is 53.8 Å². The summed E-state index contributed by atoms with van der Waals surface area (Å²) in [7, 11) is -2.32. The number of rotatable bonds is 10. The number of nitrogens with zero attached hydrogens (tertiary/aromatic N) is 2. The van der Waals surface area contributed by atoms with Gasteiger partial charge in [-0.3, -0.25) is 0 Å². The third-order valence-corrected chi connectivity index (χ3v) is 8.36. The van der Waals surface area contributed by atoms with Gasteiger partial charge in [0.2, 0.25) is 0 Å². The van der Waals surface area contributed by atoms with Gasteiger partial charge in [-0.25, -0.2) is 17.2 Å². The molecule has 0 aliphatic heterocycles. The maximum atomic E-state index is 13.9. The van der Waals surface area contributed by atoms with Crippen LogP contribution >= 0.6 is 0 Å². The lowest BCUT2D eigenvalue weighted by atomic mass is 9.97. The fourth-order valence-electron chi connectivity index (χ4n) is 4.60. The van der Waals surface area contributed by atoms with Crippen LogP contribution < -0.4 is 4.74 Å². The molecule has 8 nitrogen and oxygen atoms in total. The number of aliphatic hydroxyl groups excluding tert-OH is 1. The molecule has 208 valence electrons. The van der Waals surface area contributed by atoms with E-state index >= 15 is 0 Å². The van der Waals surface area contributed by atoms with Gasteiger partial charge in [0, 0.05) is 19.3 Å². The fourth-order valence-corrected chi connectivity index (χ4v) is 6.05. The lowest BCUT2D eigenvalue weighted by Gasteiger charge is -2.24. The molecule has 1 aromatic carbocycles. The van der Waals surface area contributed by atoms with Gasteiger partial charge in [0.25, 0.3) is 10.0 Å². The molecule has 1 amide bonds. The fraction of sp³-hybridized carbons (Fsp3) is 0.552. The van der Waals surface area contributed by atoms with Crippen LogP contribution in [-0.2, 0) is 21.3 Å². The van der Waals surface area contributed by atoms with E-state index in [0.717, 1.165) is 44.1 Å². The van der Waals surface area contributed by atoms with Gasteiger partial charge in [0.05, 0.1) is 23.2 Å². The standard InChI is InChI=1S/C29H40N2O6S/c1-29(2,3)37-28(33)30(4)18-22-16-27(23-9-6-5-7-10-23)31(19-22)38(34,35)26-12-8-11-25(17-26)36-20-24(32)15-21-13-14-21/h8-9,11-12,16-17,19,21,24,32H,5-7,10,13-15,18,20H2,1-4H3. The zero-order valence-corrected chi connectivity index (χ0v) is 23.7. The molecule has 4 rings (SSSR count). The largest absolute Gasteiger partial charge is 0.491 e. The molecular formula is C29H40N2O6S. The van der Waals surface area contributed by atoms with Crippen molar-refractivity contribution in [2.24, 2.45) is 5.92 Å². The molecule has 9 heteroatoms. The van der Waals surface area contributed by atoms with Crippen LogP contribution in [0, 0.1) is 5.92 Å². The summed E-state index contributed by atoms with van der Waals surface area (Å²) in [5.41, 5.74) is 1.67. The monoisotopic (exact) mass is 544 g/mol. The number of carbonyl (C=O) groups excluding carboxylic acids is 1. The first kappa shape index (κ1) is 28.2. The second-order valence-corrected chi connectivity index (χ2v) is 13.3. The second-order valence-electron chi connectivity index (χ2n) is 11.5. The van der Waals surface area contributed by atoms with Gasteiger partial charge in [0.15, 0.2) is 0 Å². The molecule has 1 saturated carbocycles. The molecule has 2 aliphatic carbocycles. The van der Waals surface area contributed by atoms with Gasteiger partial charge in [0.1, 0.15) is 18.0 Å². The number of carbonyl (C=O) groups is 1. The zero-order valence-electron chi connectivity index (χ0n) is 22.9. The Balaban J connectivity index is 1.59. The van der Waals surface area contributed by atoms with Crippen LogP contribution in [0.2, 0.25) is 0 Å². The lowest BCUT2D eigenvalue weighted by molar-refractivity contribution is 0.0285. The summed E-state index contributed by atoms with van der Waals surface area (Å²) < 4.78 is 40.3. The van der Waals surface area contributed by atoms with Crippen molar-refractivity contribution in [3.05, 3.63) is 53.9 Å². The number of ether oxygens (including phenoxy) is 2. The Kier molecular flexibility index (Phi) is 8.57. The molecule has 1 unspecified atom stereocenters. The molecule has 1 heterocycles. The van der Waals surface area contributed by atoms with E-state index in [0.29, 0.717) is 29.3 Å². The highest BCUT2D eigenvalue weighted by Crippen LogP contribution is 2.34. The summed E-state index contributed by atoms with van der Waals surface area (Å²) in [6, 6.07) is 8.25. The summed E-state index contributed by atoms with van der Waals surface area (Å²) in [4.78, 5) is 14.1. The molecule has 38 heavy (non-hydrogen) atoms. The highest BCUT2D eigenvalue weighted by atomic mass is 32.2. The highest BCUT2D eigenvalue weighted by Gasteiger charge is 2.27. The summed E-state index contributed by atoms with van der Waals surface area (Å²) >= 11 is 0. The minimum Gasteiger partial charge on any atom is -0.491 e. The minimum atomic E-state index is -3.95. The quantitative estimate of drug-likeness (QED) is 0.419. The summed E-state index contributed by atoms with van der Waals surface area (Å²) in [5, 5.41) is 10.2. The molecule has 0 bridgehead atoms. The van der Waals surface area contributed by atoms with E-state index in [2.05, 4.69) is 6.08 Å². The van der Waals surface area contributed by atoms with Crippen LogP contribution in [0.15, 0.2) is 47.5 Å². The van der Waals surface area contributed by atoms with Crippen molar-refractivity contribution in [1.82, 2.24) is 8.87 Å². The zero-order chi connectivity index (χ0) is 27.5. The second kappa shape index (κ2) is 11.5. The molecular weight excluding hydrogens is 504 g/mol. The summed E-state index contributed by atoms with van der Waals surface area (Å²) in [6.07, 6.45) is 9.44. The molecule has 2 aromatic rings. The number of allylic oxidation sites excluding steroid dienone is 2. The average Bonchev–Trinajstić information content (AvgIpc) is 3.57. The van der Waals surface area contributed by atoms with Gasteiger partial charge in [-0.15, -0.1) is 0 Å². The highest BCUT2D eigenvalue weighted by molar-refractivity contribution is 7.90. The molecule has 1 aromatic heterocycles. The molecule has 1 atom stereocenters. The molecule has 0 radical (unpaired) electrons. The molecule has 1 fully saturated rings. The van der Waals surface area contributed by atoms with E-state index in [1.165, 1.54) is 14.9 Å². The first-order valence-corrected chi connectivity index (χ1v) is 14.9.